The van der Waals surface area contributed by atoms with E-state index in [1.54, 1.807) is 7.05 Å². The van der Waals surface area contributed by atoms with Crippen LogP contribution in [0.3, 0.4) is 0 Å². The fourth-order valence-corrected chi connectivity index (χ4v) is 2.96. The molecule has 0 atom stereocenters. The third-order valence-corrected chi connectivity index (χ3v) is 4.39. The van der Waals surface area contributed by atoms with Crippen molar-refractivity contribution in [3.63, 3.8) is 0 Å². The largest absolute Gasteiger partial charge is 0.444 e. The predicted molar refractivity (Wildman–Crippen MR) is 101 cm³/mol. The summed E-state index contributed by atoms with van der Waals surface area (Å²) in [4.78, 5) is 12.0. The molecule has 0 radical (unpaired) electrons. The maximum Gasteiger partial charge on any atom is 0.214 e. The second kappa shape index (κ2) is 7.42. The first kappa shape index (κ1) is 17.1. The summed E-state index contributed by atoms with van der Waals surface area (Å²) in [6, 6.07) is 6.34. The third kappa shape index (κ3) is 3.84. The summed E-state index contributed by atoms with van der Waals surface area (Å²) in [6.45, 7) is 7.32. The summed E-state index contributed by atoms with van der Waals surface area (Å²) in [5, 5.41) is 7.89. The Morgan fingerprint density at radius 2 is 2.08 bits per heavy atom. The average Bonchev–Trinajstić information content (AvgIpc) is 3.15. The Kier molecular flexibility index (Phi) is 5.07. The van der Waals surface area contributed by atoms with Gasteiger partial charge in [0.2, 0.25) is 5.89 Å². The quantitative estimate of drug-likeness (QED) is 0.493. The fourth-order valence-electron chi connectivity index (χ4n) is 2.96. The molecule has 0 unspecified atom stereocenters. The van der Waals surface area contributed by atoms with Crippen LogP contribution < -0.4 is 10.6 Å². The maximum absolute atomic E-state index is 5.57. The summed E-state index contributed by atoms with van der Waals surface area (Å²) in [7, 11) is 1.76. The molecule has 0 aliphatic heterocycles. The van der Waals surface area contributed by atoms with Gasteiger partial charge in [0, 0.05) is 30.7 Å². The van der Waals surface area contributed by atoms with E-state index in [0.29, 0.717) is 12.4 Å². The molecule has 0 amide bonds. The summed E-state index contributed by atoms with van der Waals surface area (Å²) >= 11 is 0. The molecule has 3 aromatic rings. The first-order valence-electron chi connectivity index (χ1n) is 8.51. The minimum absolute atomic E-state index is 0.514. The summed E-state index contributed by atoms with van der Waals surface area (Å²) < 4.78 is 5.57. The van der Waals surface area contributed by atoms with Crippen LogP contribution in [0.4, 0.5) is 0 Å². The number of aliphatic imine (C=N–C) groups is 1. The summed E-state index contributed by atoms with van der Waals surface area (Å²) in [5.74, 6) is 2.27. The fraction of sp³-hybridized carbons (Fsp3) is 0.368. The van der Waals surface area contributed by atoms with Crippen molar-refractivity contribution in [2.75, 3.05) is 13.6 Å². The molecule has 0 saturated heterocycles. The molecule has 2 heterocycles. The molecule has 2 aromatic heterocycles. The zero-order valence-corrected chi connectivity index (χ0v) is 15.2. The molecule has 0 aliphatic rings. The van der Waals surface area contributed by atoms with Gasteiger partial charge in [0.1, 0.15) is 5.76 Å². The molecule has 0 fully saturated rings. The molecule has 132 valence electrons. The standard InChI is InChI=1S/C19H25N5O/c1-12-6-5-7-16-18(12)15(10-22-16)8-9-21-19(20-4)23-11-17-24-13(2)14(3)25-17/h5-7,10,22H,8-9,11H2,1-4H3,(H2,20,21,23). The topological polar surface area (TPSA) is 78.2 Å². The zero-order chi connectivity index (χ0) is 17.8. The van der Waals surface area contributed by atoms with Gasteiger partial charge in [0.05, 0.1) is 12.2 Å². The second-order valence-electron chi connectivity index (χ2n) is 6.16. The Morgan fingerprint density at radius 3 is 2.80 bits per heavy atom. The maximum atomic E-state index is 5.57. The van der Waals surface area contributed by atoms with Crippen molar-refractivity contribution in [1.82, 2.24) is 20.6 Å². The van der Waals surface area contributed by atoms with E-state index in [2.05, 4.69) is 56.9 Å². The highest BCUT2D eigenvalue weighted by Crippen LogP contribution is 2.22. The van der Waals surface area contributed by atoms with Crippen molar-refractivity contribution in [1.29, 1.82) is 0 Å². The molecule has 25 heavy (non-hydrogen) atoms. The van der Waals surface area contributed by atoms with E-state index < -0.39 is 0 Å². The first-order chi connectivity index (χ1) is 12.1. The van der Waals surface area contributed by atoms with Gasteiger partial charge in [-0.3, -0.25) is 4.99 Å². The van der Waals surface area contributed by atoms with Crippen LogP contribution >= 0.6 is 0 Å². The van der Waals surface area contributed by atoms with Gasteiger partial charge >= 0.3 is 0 Å². The predicted octanol–water partition coefficient (Wildman–Crippen LogP) is 2.99. The number of aromatic amines is 1. The van der Waals surface area contributed by atoms with Crippen LogP contribution in [0.25, 0.3) is 10.9 Å². The number of fused-ring (bicyclic) bond motifs is 1. The number of nitrogens with zero attached hydrogens (tertiary/aromatic N) is 2. The first-order valence-corrected chi connectivity index (χ1v) is 8.51. The molecule has 0 aliphatic carbocycles. The van der Waals surface area contributed by atoms with Gasteiger partial charge in [-0.1, -0.05) is 12.1 Å². The van der Waals surface area contributed by atoms with Gasteiger partial charge in [-0.15, -0.1) is 0 Å². The number of guanidine groups is 1. The number of rotatable bonds is 5. The Morgan fingerprint density at radius 1 is 1.24 bits per heavy atom. The van der Waals surface area contributed by atoms with Crippen LogP contribution in [0.5, 0.6) is 0 Å². The summed E-state index contributed by atoms with van der Waals surface area (Å²) in [5.41, 5.74) is 4.72. The highest BCUT2D eigenvalue weighted by Gasteiger charge is 2.08. The van der Waals surface area contributed by atoms with Crippen molar-refractivity contribution in [3.05, 3.63) is 52.9 Å². The van der Waals surface area contributed by atoms with Gasteiger partial charge < -0.3 is 20.0 Å². The number of aryl methyl sites for hydroxylation is 3. The van der Waals surface area contributed by atoms with Crippen LogP contribution in [0.2, 0.25) is 0 Å². The van der Waals surface area contributed by atoms with E-state index in [-0.39, 0.29) is 0 Å². The van der Waals surface area contributed by atoms with Crippen molar-refractivity contribution < 1.29 is 4.42 Å². The summed E-state index contributed by atoms with van der Waals surface area (Å²) in [6.07, 6.45) is 3.01. The van der Waals surface area contributed by atoms with E-state index >= 15 is 0 Å². The molecule has 0 saturated carbocycles. The van der Waals surface area contributed by atoms with E-state index in [1.807, 2.05) is 13.8 Å². The molecule has 3 N–H and O–H groups in total. The van der Waals surface area contributed by atoms with Crippen molar-refractivity contribution in [3.8, 4) is 0 Å². The number of H-pyrrole nitrogens is 1. The Labute approximate surface area is 147 Å². The molecule has 3 rings (SSSR count). The number of benzene rings is 1. The molecule has 0 spiro atoms. The van der Waals surface area contributed by atoms with Gasteiger partial charge in [-0.25, -0.2) is 4.98 Å². The number of hydrogen-bond donors (Lipinski definition) is 3. The minimum Gasteiger partial charge on any atom is -0.444 e. The van der Waals surface area contributed by atoms with Crippen molar-refractivity contribution in [2.24, 2.45) is 4.99 Å². The lowest BCUT2D eigenvalue weighted by Gasteiger charge is -2.10. The van der Waals surface area contributed by atoms with Crippen LogP contribution in [0.15, 0.2) is 33.8 Å². The highest BCUT2D eigenvalue weighted by molar-refractivity contribution is 5.86. The molecular weight excluding hydrogens is 314 g/mol. The SMILES string of the molecule is CN=C(NCCc1c[nH]c2cccc(C)c12)NCc1nc(C)c(C)o1. The van der Waals surface area contributed by atoms with Crippen LogP contribution in [0.1, 0.15) is 28.5 Å². The van der Waals surface area contributed by atoms with Crippen molar-refractivity contribution in [2.45, 2.75) is 33.7 Å². The van der Waals surface area contributed by atoms with Crippen molar-refractivity contribution >= 4 is 16.9 Å². The van der Waals surface area contributed by atoms with Crippen LogP contribution in [-0.2, 0) is 13.0 Å². The molecule has 0 bridgehead atoms. The Balaban J connectivity index is 1.54. The minimum atomic E-state index is 0.514. The zero-order valence-electron chi connectivity index (χ0n) is 15.2. The molecular formula is C19H25N5O. The molecule has 6 heteroatoms. The Hall–Kier alpha value is -2.76. The van der Waals surface area contributed by atoms with E-state index in [0.717, 1.165) is 30.4 Å². The number of hydrogen-bond acceptors (Lipinski definition) is 3. The number of oxazole rings is 1. The van der Waals surface area contributed by atoms with Crippen LogP contribution in [-0.4, -0.2) is 29.5 Å². The highest BCUT2D eigenvalue weighted by atomic mass is 16.4. The molecule has 6 nitrogen and oxygen atoms in total. The monoisotopic (exact) mass is 339 g/mol. The van der Waals surface area contributed by atoms with Gasteiger partial charge in [0.15, 0.2) is 5.96 Å². The van der Waals surface area contributed by atoms with Gasteiger partial charge in [0.25, 0.3) is 0 Å². The smallest absolute Gasteiger partial charge is 0.214 e. The average molecular weight is 339 g/mol. The van der Waals surface area contributed by atoms with Gasteiger partial charge in [-0.05, 0) is 44.4 Å². The van der Waals surface area contributed by atoms with E-state index in [9.17, 15) is 0 Å². The van der Waals surface area contributed by atoms with Gasteiger partial charge in [-0.2, -0.15) is 0 Å². The number of aromatic nitrogens is 2. The van der Waals surface area contributed by atoms with E-state index in [1.165, 1.54) is 22.0 Å². The van der Waals surface area contributed by atoms with Crippen LogP contribution in [0, 0.1) is 20.8 Å². The second-order valence-corrected chi connectivity index (χ2v) is 6.16. The third-order valence-electron chi connectivity index (χ3n) is 4.39. The lowest BCUT2D eigenvalue weighted by Crippen LogP contribution is -2.37. The normalized spacial score (nSPS) is 11.9. The Bertz CT molecular complexity index is 871. The van der Waals surface area contributed by atoms with E-state index in [4.69, 9.17) is 4.42 Å². The molecule has 1 aromatic carbocycles. The number of nitrogens with one attached hydrogen (secondary N) is 3. The lowest BCUT2D eigenvalue weighted by atomic mass is 10.1. The lowest BCUT2D eigenvalue weighted by molar-refractivity contribution is 0.464.